The third-order valence-electron chi connectivity index (χ3n) is 3.59. The Morgan fingerprint density at radius 2 is 1.90 bits per heavy atom. The molecule has 0 heterocycles. The fourth-order valence-electron chi connectivity index (χ4n) is 2.24. The standard InChI is InChI=1S/C18H20N2O/c1-4-14-5-8-16(9-6-14)13(2)20-17-10-7-15(12-19)11-18(17)21-3/h5-11,13,20H,4H2,1-3H3. The van der Waals surface area contributed by atoms with Crippen molar-refractivity contribution in [2.24, 2.45) is 0 Å². The Kier molecular flexibility index (Phi) is 4.84. The van der Waals surface area contributed by atoms with E-state index in [1.54, 1.807) is 19.2 Å². The molecule has 3 nitrogen and oxygen atoms in total. The zero-order valence-corrected chi connectivity index (χ0v) is 12.7. The van der Waals surface area contributed by atoms with Crippen LogP contribution in [0.5, 0.6) is 5.75 Å². The quantitative estimate of drug-likeness (QED) is 0.888. The van der Waals surface area contributed by atoms with Crippen LogP contribution in [-0.2, 0) is 6.42 Å². The van der Waals surface area contributed by atoms with Crippen LogP contribution >= 0.6 is 0 Å². The van der Waals surface area contributed by atoms with E-state index in [0.717, 1.165) is 12.1 Å². The molecule has 0 aromatic heterocycles. The number of benzene rings is 2. The number of methoxy groups -OCH3 is 1. The van der Waals surface area contributed by atoms with Crippen LogP contribution in [0.3, 0.4) is 0 Å². The SMILES string of the molecule is CCc1ccc(C(C)Nc2ccc(C#N)cc2OC)cc1. The summed E-state index contributed by atoms with van der Waals surface area (Å²) in [6.07, 6.45) is 1.05. The van der Waals surface area contributed by atoms with Crippen LogP contribution in [0.4, 0.5) is 5.69 Å². The minimum atomic E-state index is 0.165. The summed E-state index contributed by atoms with van der Waals surface area (Å²) in [4.78, 5) is 0. The maximum Gasteiger partial charge on any atom is 0.143 e. The van der Waals surface area contributed by atoms with E-state index in [1.807, 2.05) is 6.07 Å². The largest absolute Gasteiger partial charge is 0.495 e. The molecule has 0 spiro atoms. The molecule has 0 saturated carbocycles. The summed E-state index contributed by atoms with van der Waals surface area (Å²) in [6.45, 7) is 4.26. The second-order valence-electron chi connectivity index (χ2n) is 4.99. The second kappa shape index (κ2) is 6.81. The highest BCUT2D eigenvalue weighted by Crippen LogP contribution is 2.29. The molecule has 0 saturated heterocycles. The van der Waals surface area contributed by atoms with E-state index >= 15 is 0 Å². The summed E-state index contributed by atoms with van der Waals surface area (Å²) in [5.41, 5.74) is 4.04. The van der Waals surface area contributed by atoms with Gasteiger partial charge in [0.05, 0.1) is 24.4 Å². The Labute approximate surface area is 126 Å². The summed E-state index contributed by atoms with van der Waals surface area (Å²) < 4.78 is 5.35. The Morgan fingerprint density at radius 1 is 1.19 bits per heavy atom. The van der Waals surface area contributed by atoms with Gasteiger partial charge in [-0.15, -0.1) is 0 Å². The topological polar surface area (TPSA) is 45.0 Å². The average molecular weight is 280 g/mol. The molecule has 2 aromatic carbocycles. The summed E-state index contributed by atoms with van der Waals surface area (Å²) in [6, 6.07) is 16.3. The van der Waals surface area contributed by atoms with E-state index in [2.05, 4.69) is 49.5 Å². The molecule has 0 aliphatic carbocycles. The molecule has 2 aromatic rings. The predicted octanol–water partition coefficient (Wildman–Crippen LogP) is 4.30. The normalized spacial score (nSPS) is 11.5. The van der Waals surface area contributed by atoms with E-state index in [0.29, 0.717) is 11.3 Å². The van der Waals surface area contributed by atoms with Gasteiger partial charge in [0.15, 0.2) is 0 Å². The molecule has 0 radical (unpaired) electrons. The predicted molar refractivity (Wildman–Crippen MR) is 85.6 cm³/mol. The van der Waals surface area contributed by atoms with E-state index in [-0.39, 0.29) is 6.04 Å². The van der Waals surface area contributed by atoms with Crippen molar-refractivity contribution >= 4 is 5.69 Å². The highest BCUT2D eigenvalue weighted by atomic mass is 16.5. The highest BCUT2D eigenvalue weighted by Gasteiger charge is 2.09. The average Bonchev–Trinajstić information content (AvgIpc) is 2.55. The highest BCUT2D eigenvalue weighted by molar-refractivity contribution is 5.60. The van der Waals surface area contributed by atoms with Crippen molar-refractivity contribution in [3.63, 3.8) is 0 Å². The zero-order chi connectivity index (χ0) is 15.2. The Balaban J connectivity index is 2.18. The smallest absolute Gasteiger partial charge is 0.143 e. The van der Waals surface area contributed by atoms with Crippen LogP contribution < -0.4 is 10.1 Å². The van der Waals surface area contributed by atoms with Crippen molar-refractivity contribution in [2.45, 2.75) is 26.3 Å². The molecule has 0 bridgehead atoms. The number of ether oxygens (including phenoxy) is 1. The van der Waals surface area contributed by atoms with Gasteiger partial charge in [0.1, 0.15) is 5.75 Å². The van der Waals surface area contributed by atoms with E-state index in [4.69, 9.17) is 10.00 Å². The van der Waals surface area contributed by atoms with Gasteiger partial charge in [-0.2, -0.15) is 5.26 Å². The minimum Gasteiger partial charge on any atom is -0.495 e. The lowest BCUT2D eigenvalue weighted by Crippen LogP contribution is -2.07. The number of nitrogens with one attached hydrogen (secondary N) is 1. The lowest BCUT2D eigenvalue weighted by atomic mass is 10.0. The van der Waals surface area contributed by atoms with Crippen LogP contribution in [0.1, 0.15) is 36.6 Å². The van der Waals surface area contributed by atoms with Crippen molar-refractivity contribution in [3.05, 3.63) is 59.2 Å². The molecule has 1 atom stereocenters. The third-order valence-corrected chi connectivity index (χ3v) is 3.59. The number of hydrogen-bond donors (Lipinski definition) is 1. The third kappa shape index (κ3) is 3.55. The maximum atomic E-state index is 8.93. The van der Waals surface area contributed by atoms with E-state index in [9.17, 15) is 0 Å². The summed E-state index contributed by atoms with van der Waals surface area (Å²) in [7, 11) is 1.61. The number of nitrogens with zero attached hydrogens (tertiary/aromatic N) is 1. The first-order chi connectivity index (χ1) is 10.2. The number of hydrogen-bond acceptors (Lipinski definition) is 3. The molecule has 108 valence electrons. The lowest BCUT2D eigenvalue weighted by Gasteiger charge is -2.18. The maximum absolute atomic E-state index is 8.93. The van der Waals surface area contributed by atoms with E-state index in [1.165, 1.54) is 11.1 Å². The number of aryl methyl sites for hydroxylation is 1. The van der Waals surface area contributed by atoms with Crippen molar-refractivity contribution in [3.8, 4) is 11.8 Å². The Bertz CT molecular complexity index is 641. The molecule has 0 aliphatic rings. The molecule has 2 rings (SSSR count). The van der Waals surface area contributed by atoms with Crippen molar-refractivity contribution in [2.75, 3.05) is 12.4 Å². The summed E-state index contributed by atoms with van der Waals surface area (Å²) >= 11 is 0. The number of nitriles is 1. The Hall–Kier alpha value is -2.47. The van der Waals surface area contributed by atoms with E-state index < -0.39 is 0 Å². The fourth-order valence-corrected chi connectivity index (χ4v) is 2.24. The van der Waals surface area contributed by atoms with Crippen LogP contribution in [0.2, 0.25) is 0 Å². The van der Waals surface area contributed by atoms with Gasteiger partial charge in [-0.1, -0.05) is 31.2 Å². The number of rotatable bonds is 5. The van der Waals surface area contributed by atoms with Gasteiger partial charge < -0.3 is 10.1 Å². The summed E-state index contributed by atoms with van der Waals surface area (Å²) in [5.74, 6) is 0.686. The number of anilines is 1. The second-order valence-corrected chi connectivity index (χ2v) is 4.99. The lowest BCUT2D eigenvalue weighted by molar-refractivity contribution is 0.416. The van der Waals surface area contributed by atoms with Crippen molar-refractivity contribution in [1.82, 2.24) is 0 Å². The van der Waals surface area contributed by atoms with Gasteiger partial charge >= 0.3 is 0 Å². The molecule has 0 amide bonds. The summed E-state index contributed by atoms with van der Waals surface area (Å²) in [5, 5.41) is 12.4. The van der Waals surface area contributed by atoms with Gasteiger partial charge in [0.25, 0.3) is 0 Å². The molecular formula is C18H20N2O. The first-order valence-electron chi connectivity index (χ1n) is 7.11. The minimum absolute atomic E-state index is 0.165. The van der Waals surface area contributed by atoms with Gasteiger partial charge in [-0.3, -0.25) is 0 Å². The first kappa shape index (κ1) is 14.9. The van der Waals surface area contributed by atoms with Crippen molar-refractivity contribution in [1.29, 1.82) is 5.26 Å². The molecule has 1 unspecified atom stereocenters. The molecule has 0 aliphatic heterocycles. The van der Waals surface area contributed by atoms with Gasteiger partial charge in [-0.25, -0.2) is 0 Å². The van der Waals surface area contributed by atoms with Crippen LogP contribution in [0.15, 0.2) is 42.5 Å². The van der Waals surface area contributed by atoms with Gasteiger partial charge in [0, 0.05) is 12.1 Å². The first-order valence-corrected chi connectivity index (χ1v) is 7.11. The molecule has 1 N–H and O–H groups in total. The fraction of sp³-hybridized carbons (Fsp3) is 0.278. The molecule has 0 fully saturated rings. The molecular weight excluding hydrogens is 260 g/mol. The Morgan fingerprint density at radius 3 is 2.48 bits per heavy atom. The van der Waals surface area contributed by atoms with Crippen molar-refractivity contribution < 1.29 is 4.74 Å². The van der Waals surface area contributed by atoms with Crippen LogP contribution in [0.25, 0.3) is 0 Å². The van der Waals surface area contributed by atoms with Gasteiger partial charge in [0.2, 0.25) is 0 Å². The van der Waals surface area contributed by atoms with Crippen LogP contribution in [-0.4, -0.2) is 7.11 Å². The van der Waals surface area contributed by atoms with Crippen LogP contribution in [0, 0.1) is 11.3 Å². The zero-order valence-electron chi connectivity index (χ0n) is 12.7. The molecule has 3 heteroatoms. The molecule has 21 heavy (non-hydrogen) atoms. The van der Waals surface area contributed by atoms with Gasteiger partial charge in [-0.05, 0) is 36.6 Å². The monoisotopic (exact) mass is 280 g/mol.